The van der Waals surface area contributed by atoms with Crippen LogP contribution in [0.15, 0.2) is 0 Å². The van der Waals surface area contributed by atoms with Crippen molar-refractivity contribution in [3.63, 3.8) is 0 Å². The van der Waals surface area contributed by atoms with Gasteiger partial charge in [0.2, 0.25) is 5.91 Å². The maximum absolute atomic E-state index is 12.7. The standard InChI is InChI=1S/C9H13F5N2O3/c1-16(5-6(17)15-3-4-19-2)7(18)8(10,11)9(12,13)14/h3-5H2,1-2H3,(H,15,17). The molecule has 1 N–H and O–H groups in total. The Morgan fingerprint density at radius 2 is 1.74 bits per heavy atom. The Kier molecular flexibility index (Phi) is 6.13. The van der Waals surface area contributed by atoms with Crippen molar-refractivity contribution >= 4 is 11.8 Å². The van der Waals surface area contributed by atoms with Gasteiger partial charge in [-0.15, -0.1) is 0 Å². The Morgan fingerprint density at radius 3 is 2.16 bits per heavy atom. The molecule has 0 saturated carbocycles. The zero-order valence-corrected chi connectivity index (χ0v) is 10.2. The molecule has 10 heteroatoms. The number of nitrogens with zero attached hydrogens (tertiary/aromatic N) is 1. The summed E-state index contributed by atoms with van der Waals surface area (Å²) < 4.78 is 65.7. The van der Waals surface area contributed by atoms with Gasteiger partial charge in [-0.25, -0.2) is 0 Å². The second kappa shape index (κ2) is 6.64. The molecule has 0 aromatic rings. The van der Waals surface area contributed by atoms with E-state index in [1.807, 2.05) is 0 Å². The van der Waals surface area contributed by atoms with Crippen LogP contribution in [0.1, 0.15) is 0 Å². The number of alkyl halides is 5. The molecule has 0 unspecified atom stereocenters. The molecule has 0 fully saturated rings. The van der Waals surface area contributed by atoms with Crippen molar-refractivity contribution < 1.29 is 36.3 Å². The van der Waals surface area contributed by atoms with Crippen LogP contribution in [-0.2, 0) is 14.3 Å². The van der Waals surface area contributed by atoms with E-state index in [1.54, 1.807) is 0 Å². The van der Waals surface area contributed by atoms with Gasteiger partial charge in [0.1, 0.15) is 0 Å². The normalized spacial score (nSPS) is 12.2. The fourth-order valence-corrected chi connectivity index (χ4v) is 0.997. The van der Waals surface area contributed by atoms with E-state index >= 15 is 0 Å². The monoisotopic (exact) mass is 292 g/mol. The van der Waals surface area contributed by atoms with Crippen LogP contribution < -0.4 is 5.32 Å². The summed E-state index contributed by atoms with van der Waals surface area (Å²) in [5.41, 5.74) is 0. The first-order chi connectivity index (χ1) is 8.54. The van der Waals surface area contributed by atoms with Crippen LogP contribution in [-0.4, -0.2) is 62.7 Å². The average molecular weight is 292 g/mol. The van der Waals surface area contributed by atoms with Crippen molar-refractivity contribution in [2.24, 2.45) is 0 Å². The third-order valence-corrected chi connectivity index (χ3v) is 1.98. The van der Waals surface area contributed by atoms with Gasteiger partial charge in [-0.3, -0.25) is 9.59 Å². The zero-order chi connectivity index (χ0) is 15.3. The molecule has 0 radical (unpaired) electrons. The minimum Gasteiger partial charge on any atom is -0.383 e. The molecule has 0 heterocycles. The van der Waals surface area contributed by atoms with Crippen LogP contribution in [0.3, 0.4) is 0 Å². The zero-order valence-electron chi connectivity index (χ0n) is 10.2. The van der Waals surface area contributed by atoms with Gasteiger partial charge in [-0.05, 0) is 0 Å². The maximum atomic E-state index is 12.7. The molecule has 0 aliphatic rings. The molecule has 0 aliphatic carbocycles. The van der Waals surface area contributed by atoms with Crippen molar-refractivity contribution in [2.45, 2.75) is 12.1 Å². The molecule has 0 aromatic carbocycles. The Hall–Kier alpha value is -1.45. The van der Waals surface area contributed by atoms with E-state index < -0.39 is 30.5 Å². The summed E-state index contributed by atoms with van der Waals surface area (Å²) in [5.74, 6) is -8.87. The molecular weight excluding hydrogens is 279 g/mol. The van der Waals surface area contributed by atoms with Crippen LogP contribution in [0.5, 0.6) is 0 Å². The predicted molar refractivity (Wildman–Crippen MR) is 53.5 cm³/mol. The molecule has 0 saturated heterocycles. The fourth-order valence-electron chi connectivity index (χ4n) is 0.997. The minimum atomic E-state index is -6.00. The van der Waals surface area contributed by atoms with Crippen LogP contribution in [0, 0.1) is 0 Å². The van der Waals surface area contributed by atoms with Crippen LogP contribution >= 0.6 is 0 Å². The van der Waals surface area contributed by atoms with Gasteiger partial charge in [0.05, 0.1) is 13.2 Å². The summed E-state index contributed by atoms with van der Waals surface area (Å²) >= 11 is 0. The highest BCUT2D eigenvalue weighted by Crippen LogP contribution is 2.36. The lowest BCUT2D eigenvalue weighted by Crippen LogP contribution is -2.52. The van der Waals surface area contributed by atoms with Gasteiger partial charge in [0.25, 0.3) is 0 Å². The molecule has 0 aromatic heterocycles. The van der Waals surface area contributed by atoms with Gasteiger partial charge < -0.3 is 15.0 Å². The second-order valence-electron chi connectivity index (χ2n) is 3.58. The summed E-state index contributed by atoms with van der Waals surface area (Å²) in [6, 6.07) is 0. The Morgan fingerprint density at radius 1 is 1.21 bits per heavy atom. The SMILES string of the molecule is COCCNC(=O)CN(C)C(=O)C(F)(F)C(F)(F)F. The van der Waals surface area contributed by atoms with Crippen LogP contribution in [0.4, 0.5) is 22.0 Å². The van der Waals surface area contributed by atoms with Gasteiger partial charge in [0.15, 0.2) is 0 Å². The minimum absolute atomic E-state index is 0.00955. The van der Waals surface area contributed by atoms with E-state index in [1.165, 1.54) is 7.11 Å². The Balaban J connectivity index is 4.47. The number of nitrogens with one attached hydrogen (secondary N) is 1. The topological polar surface area (TPSA) is 58.6 Å². The molecule has 0 bridgehead atoms. The largest absolute Gasteiger partial charge is 0.463 e. The molecule has 0 aliphatic heterocycles. The number of ether oxygens (including phenoxy) is 1. The molecular formula is C9H13F5N2O3. The maximum Gasteiger partial charge on any atom is 0.463 e. The van der Waals surface area contributed by atoms with Crippen molar-refractivity contribution in [3.8, 4) is 0 Å². The third-order valence-electron chi connectivity index (χ3n) is 1.98. The molecule has 0 rings (SSSR count). The number of methoxy groups -OCH3 is 1. The Bertz CT molecular complexity index is 332. The van der Waals surface area contributed by atoms with E-state index in [2.05, 4.69) is 10.1 Å². The predicted octanol–water partition coefficient (Wildman–Crippen LogP) is 0.405. The van der Waals surface area contributed by atoms with E-state index in [-0.39, 0.29) is 18.1 Å². The van der Waals surface area contributed by atoms with Crippen molar-refractivity contribution in [1.82, 2.24) is 10.2 Å². The van der Waals surface area contributed by atoms with Crippen molar-refractivity contribution in [2.75, 3.05) is 33.9 Å². The van der Waals surface area contributed by atoms with Crippen LogP contribution in [0.2, 0.25) is 0 Å². The summed E-state index contributed by atoms with van der Waals surface area (Å²) in [7, 11) is 2.03. The highest BCUT2D eigenvalue weighted by Gasteiger charge is 2.64. The number of halogens is 5. The quantitative estimate of drug-likeness (QED) is 0.569. The highest BCUT2D eigenvalue weighted by molar-refractivity contribution is 5.88. The molecule has 2 amide bonds. The summed E-state index contributed by atoms with van der Waals surface area (Å²) in [6.07, 6.45) is -6.00. The van der Waals surface area contributed by atoms with Crippen LogP contribution in [0.25, 0.3) is 0 Å². The molecule has 112 valence electrons. The molecule has 5 nitrogen and oxygen atoms in total. The van der Waals surface area contributed by atoms with Gasteiger partial charge >= 0.3 is 18.0 Å². The van der Waals surface area contributed by atoms with Crippen molar-refractivity contribution in [1.29, 1.82) is 0 Å². The first-order valence-corrected chi connectivity index (χ1v) is 4.99. The second-order valence-corrected chi connectivity index (χ2v) is 3.58. The lowest BCUT2D eigenvalue weighted by atomic mass is 10.3. The van der Waals surface area contributed by atoms with E-state index in [9.17, 15) is 31.5 Å². The number of hydrogen-bond acceptors (Lipinski definition) is 3. The molecule has 0 atom stereocenters. The lowest BCUT2D eigenvalue weighted by Gasteiger charge is -2.24. The van der Waals surface area contributed by atoms with E-state index in [0.717, 1.165) is 0 Å². The number of hydrogen-bond donors (Lipinski definition) is 1. The van der Waals surface area contributed by atoms with Gasteiger partial charge in [-0.1, -0.05) is 0 Å². The van der Waals surface area contributed by atoms with E-state index in [0.29, 0.717) is 7.05 Å². The van der Waals surface area contributed by atoms with Gasteiger partial charge in [-0.2, -0.15) is 22.0 Å². The number of amides is 2. The highest BCUT2D eigenvalue weighted by atomic mass is 19.4. The lowest BCUT2D eigenvalue weighted by molar-refractivity contribution is -0.273. The number of carbonyl (C=O) groups excluding carboxylic acids is 2. The molecule has 0 spiro atoms. The van der Waals surface area contributed by atoms with E-state index in [4.69, 9.17) is 0 Å². The number of rotatable bonds is 6. The smallest absolute Gasteiger partial charge is 0.383 e. The summed E-state index contributed by atoms with van der Waals surface area (Å²) in [4.78, 5) is 22.1. The fraction of sp³-hybridized carbons (Fsp3) is 0.778. The molecule has 19 heavy (non-hydrogen) atoms. The summed E-state index contributed by atoms with van der Waals surface area (Å²) in [5, 5.41) is 2.18. The first kappa shape index (κ1) is 17.6. The Labute approximate surface area is 105 Å². The first-order valence-electron chi connectivity index (χ1n) is 4.99. The summed E-state index contributed by atoms with van der Waals surface area (Å²) in [6.45, 7) is -0.719. The third kappa shape index (κ3) is 4.97. The number of carbonyl (C=O) groups is 2. The van der Waals surface area contributed by atoms with Gasteiger partial charge in [0, 0.05) is 20.7 Å². The number of likely N-dealkylation sites (N-methyl/N-ethyl adjacent to an activating group) is 1. The average Bonchev–Trinajstić information content (AvgIpc) is 2.26. The van der Waals surface area contributed by atoms with Crippen molar-refractivity contribution in [3.05, 3.63) is 0 Å².